The molecular formula is C21H20N2O6S2. The minimum absolute atomic E-state index is 0.00578. The Bertz CT molecular complexity index is 1210. The number of carbonyl (C=O) groups is 1. The Morgan fingerprint density at radius 2 is 1.55 bits per heavy atom. The van der Waals surface area contributed by atoms with E-state index in [4.69, 9.17) is 4.18 Å². The van der Waals surface area contributed by atoms with Crippen molar-refractivity contribution in [3.05, 3.63) is 83.9 Å². The first-order chi connectivity index (χ1) is 14.7. The van der Waals surface area contributed by atoms with Gasteiger partial charge in [-0.1, -0.05) is 41.5 Å². The van der Waals surface area contributed by atoms with Crippen molar-refractivity contribution in [1.82, 2.24) is 0 Å². The van der Waals surface area contributed by atoms with Crippen molar-refractivity contribution < 1.29 is 26.2 Å². The number of nitrogens with one attached hydrogen (secondary N) is 1. The lowest BCUT2D eigenvalue weighted by atomic mass is 10.2. The maximum atomic E-state index is 12.6. The lowest BCUT2D eigenvalue weighted by Crippen LogP contribution is -2.36. The van der Waals surface area contributed by atoms with Gasteiger partial charge in [0.25, 0.3) is 11.3 Å². The lowest BCUT2D eigenvalue weighted by Gasteiger charge is -2.19. The normalized spacial score (nSPS) is 12.1. The van der Waals surface area contributed by atoms with Gasteiger partial charge in [0, 0.05) is 11.8 Å². The first-order valence-corrected chi connectivity index (χ1v) is 11.5. The molecule has 0 fully saturated rings. The van der Waals surface area contributed by atoms with Crippen LogP contribution in [0.25, 0.3) is 0 Å². The summed E-state index contributed by atoms with van der Waals surface area (Å²) in [5.74, 6) is -0.0228. The number of amides is 2. The molecule has 0 aliphatic heterocycles. The van der Waals surface area contributed by atoms with Gasteiger partial charge in [-0.25, -0.2) is 9.00 Å². The second kappa shape index (κ2) is 9.29. The van der Waals surface area contributed by atoms with E-state index >= 15 is 0 Å². The van der Waals surface area contributed by atoms with E-state index in [1.54, 1.807) is 24.3 Å². The molecule has 3 aromatic carbocycles. The molecule has 0 spiro atoms. The summed E-state index contributed by atoms with van der Waals surface area (Å²) >= 11 is -2.62. The van der Waals surface area contributed by atoms with E-state index < -0.39 is 27.4 Å². The highest BCUT2D eigenvalue weighted by atomic mass is 32.2. The third kappa shape index (κ3) is 5.69. The number of hydrogen-bond donors (Lipinski definition) is 2. The zero-order chi connectivity index (χ0) is 22.6. The number of benzene rings is 3. The molecule has 0 aliphatic rings. The summed E-state index contributed by atoms with van der Waals surface area (Å²) in [6, 6.07) is 17.5. The Labute approximate surface area is 183 Å². The van der Waals surface area contributed by atoms with Crippen LogP contribution in [0.2, 0.25) is 0 Å². The van der Waals surface area contributed by atoms with E-state index in [9.17, 15) is 22.0 Å². The predicted molar refractivity (Wildman–Crippen MR) is 119 cm³/mol. The number of anilines is 2. The molecule has 3 aromatic rings. The molecule has 8 nitrogen and oxygen atoms in total. The van der Waals surface area contributed by atoms with Crippen molar-refractivity contribution >= 4 is 38.8 Å². The standard InChI is InChI=1S/C21H20N2O6S2/c1-15-6-10-18(11-7-15)23(30(25)26)21(24)22-17-4-3-5-19(14-17)29-31(27,28)20-12-8-16(2)9-13-20/h3-14H,1-2H3,(H,22,24)(H,25,26). The maximum absolute atomic E-state index is 12.6. The molecule has 0 aromatic heterocycles. The van der Waals surface area contributed by atoms with E-state index in [1.165, 1.54) is 48.5 Å². The summed E-state index contributed by atoms with van der Waals surface area (Å²) in [7, 11) is -4.06. The molecule has 0 aliphatic carbocycles. The smallest absolute Gasteiger partial charge is 0.340 e. The van der Waals surface area contributed by atoms with Crippen LogP contribution in [0.1, 0.15) is 11.1 Å². The fraction of sp³-hybridized carbons (Fsp3) is 0.0952. The average molecular weight is 461 g/mol. The van der Waals surface area contributed by atoms with E-state index in [2.05, 4.69) is 5.32 Å². The molecule has 2 amide bonds. The van der Waals surface area contributed by atoms with Crippen LogP contribution in [0.3, 0.4) is 0 Å². The Hall–Kier alpha value is -3.21. The topological polar surface area (TPSA) is 113 Å². The van der Waals surface area contributed by atoms with E-state index in [-0.39, 0.29) is 22.0 Å². The summed E-state index contributed by atoms with van der Waals surface area (Å²) in [6.45, 7) is 3.68. The van der Waals surface area contributed by atoms with Crippen molar-refractivity contribution in [3.63, 3.8) is 0 Å². The molecule has 3 rings (SSSR count). The second-order valence-corrected chi connectivity index (χ2v) is 9.04. The van der Waals surface area contributed by atoms with Crippen LogP contribution in [0, 0.1) is 13.8 Å². The molecule has 10 heteroatoms. The Kier molecular flexibility index (Phi) is 6.74. The van der Waals surface area contributed by atoms with Crippen LogP contribution in [0.5, 0.6) is 5.75 Å². The Morgan fingerprint density at radius 1 is 0.968 bits per heavy atom. The van der Waals surface area contributed by atoms with Crippen molar-refractivity contribution in [3.8, 4) is 5.75 Å². The molecule has 0 radical (unpaired) electrons. The lowest BCUT2D eigenvalue weighted by molar-refractivity contribution is 0.259. The maximum Gasteiger partial charge on any atom is 0.340 e. The van der Waals surface area contributed by atoms with Gasteiger partial charge in [-0.3, -0.25) is 4.55 Å². The van der Waals surface area contributed by atoms with Crippen LogP contribution in [0.4, 0.5) is 16.2 Å². The van der Waals surface area contributed by atoms with Gasteiger partial charge in [0.15, 0.2) is 0 Å². The molecule has 31 heavy (non-hydrogen) atoms. The van der Waals surface area contributed by atoms with Gasteiger partial charge < -0.3 is 9.50 Å². The van der Waals surface area contributed by atoms with Crippen LogP contribution < -0.4 is 13.8 Å². The summed E-state index contributed by atoms with van der Waals surface area (Å²) in [6.07, 6.45) is 0. The second-order valence-electron chi connectivity index (χ2n) is 6.67. The first kappa shape index (κ1) is 22.5. The molecule has 0 bridgehead atoms. The number of carbonyl (C=O) groups excluding carboxylic acids is 1. The molecule has 0 saturated heterocycles. The van der Waals surface area contributed by atoms with E-state index in [0.29, 0.717) is 4.31 Å². The molecular weight excluding hydrogens is 440 g/mol. The summed E-state index contributed by atoms with van der Waals surface area (Å²) in [4.78, 5) is 12.6. The molecule has 1 atom stereocenters. The fourth-order valence-electron chi connectivity index (χ4n) is 2.64. The summed E-state index contributed by atoms with van der Waals surface area (Å²) < 4.78 is 52.0. The minimum atomic E-state index is -4.06. The Balaban J connectivity index is 1.79. The van der Waals surface area contributed by atoms with Crippen LogP contribution in [0.15, 0.2) is 77.7 Å². The highest BCUT2D eigenvalue weighted by Crippen LogP contribution is 2.24. The van der Waals surface area contributed by atoms with Crippen molar-refractivity contribution in [2.24, 2.45) is 0 Å². The monoisotopic (exact) mass is 460 g/mol. The van der Waals surface area contributed by atoms with Crippen molar-refractivity contribution in [2.75, 3.05) is 9.62 Å². The van der Waals surface area contributed by atoms with E-state index in [1.807, 2.05) is 13.8 Å². The third-order valence-corrected chi connectivity index (χ3v) is 6.16. The van der Waals surface area contributed by atoms with Gasteiger partial charge in [-0.05, 0) is 50.2 Å². The first-order valence-electron chi connectivity index (χ1n) is 9.06. The van der Waals surface area contributed by atoms with E-state index in [0.717, 1.165) is 11.1 Å². The third-order valence-electron chi connectivity index (χ3n) is 4.21. The number of nitrogens with zero attached hydrogens (tertiary/aromatic N) is 1. The highest BCUT2D eigenvalue weighted by molar-refractivity contribution is 7.87. The van der Waals surface area contributed by atoms with Crippen LogP contribution in [-0.4, -0.2) is 23.2 Å². The quantitative estimate of drug-likeness (QED) is 0.420. The Morgan fingerprint density at radius 3 is 2.13 bits per heavy atom. The van der Waals surface area contributed by atoms with Gasteiger partial charge in [-0.2, -0.15) is 12.7 Å². The minimum Gasteiger partial charge on any atom is -0.379 e. The average Bonchev–Trinajstić information content (AvgIpc) is 2.69. The number of aryl methyl sites for hydroxylation is 2. The molecule has 1 unspecified atom stereocenters. The fourth-order valence-corrected chi connectivity index (χ4v) is 4.05. The largest absolute Gasteiger partial charge is 0.379 e. The SMILES string of the molecule is Cc1ccc(N(C(=O)Nc2cccc(OS(=O)(=O)c3ccc(C)cc3)c2)S(=O)O)cc1. The van der Waals surface area contributed by atoms with Gasteiger partial charge in [-0.15, -0.1) is 0 Å². The van der Waals surface area contributed by atoms with Gasteiger partial charge in [0.05, 0.1) is 5.69 Å². The van der Waals surface area contributed by atoms with Crippen LogP contribution in [-0.2, 0) is 21.4 Å². The van der Waals surface area contributed by atoms with Crippen molar-refractivity contribution in [2.45, 2.75) is 18.7 Å². The summed E-state index contributed by atoms with van der Waals surface area (Å²) in [5.41, 5.74) is 2.23. The zero-order valence-corrected chi connectivity index (χ0v) is 18.3. The molecule has 0 saturated carbocycles. The number of rotatable bonds is 6. The number of hydrogen-bond acceptors (Lipinski definition) is 5. The number of urea groups is 1. The van der Waals surface area contributed by atoms with Gasteiger partial charge in [0.2, 0.25) is 0 Å². The van der Waals surface area contributed by atoms with Crippen molar-refractivity contribution in [1.29, 1.82) is 0 Å². The zero-order valence-electron chi connectivity index (χ0n) is 16.7. The molecule has 162 valence electrons. The summed E-state index contributed by atoms with van der Waals surface area (Å²) in [5, 5.41) is 2.47. The highest BCUT2D eigenvalue weighted by Gasteiger charge is 2.22. The molecule has 0 heterocycles. The van der Waals surface area contributed by atoms with Crippen LogP contribution >= 0.6 is 0 Å². The predicted octanol–water partition coefficient (Wildman–Crippen LogP) is 4.25. The molecule has 2 N–H and O–H groups in total. The van der Waals surface area contributed by atoms with Gasteiger partial charge >= 0.3 is 16.1 Å². The van der Waals surface area contributed by atoms with Gasteiger partial charge in [0.1, 0.15) is 10.6 Å².